The van der Waals surface area contributed by atoms with Crippen molar-refractivity contribution in [1.82, 2.24) is 10.2 Å². The van der Waals surface area contributed by atoms with Gasteiger partial charge in [0.25, 0.3) is 0 Å². The van der Waals surface area contributed by atoms with Crippen molar-refractivity contribution >= 4 is 0 Å². The Balaban J connectivity index is 2.58. The van der Waals surface area contributed by atoms with Crippen molar-refractivity contribution in [2.75, 3.05) is 14.2 Å². The van der Waals surface area contributed by atoms with E-state index in [0.717, 1.165) is 0 Å². The van der Waals surface area contributed by atoms with Crippen LogP contribution in [0.15, 0.2) is 18.2 Å². The lowest BCUT2D eigenvalue weighted by Gasteiger charge is -2.09. The SMILES string of the molecule is COc1ccc(-c2[nH]nc(C(F)(F)F)c2C#N)cc1OC. The lowest BCUT2D eigenvalue weighted by molar-refractivity contribution is -0.141. The summed E-state index contributed by atoms with van der Waals surface area (Å²) in [6, 6.07) is 6.04. The van der Waals surface area contributed by atoms with E-state index in [2.05, 4.69) is 10.2 Å². The molecule has 0 unspecified atom stereocenters. The maximum atomic E-state index is 12.8. The molecule has 110 valence electrons. The number of nitriles is 1. The van der Waals surface area contributed by atoms with Crippen molar-refractivity contribution in [3.05, 3.63) is 29.5 Å². The van der Waals surface area contributed by atoms with Gasteiger partial charge in [0, 0.05) is 5.56 Å². The number of aromatic nitrogens is 2. The number of ether oxygens (including phenoxy) is 2. The van der Waals surface area contributed by atoms with Crippen LogP contribution < -0.4 is 9.47 Å². The van der Waals surface area contributed by atoms with Gasteiger partial charge in [-0.15, -0.1) is 0 Å². The summed E-state index contributed by atoms with van der Waals surface area (Å²) in [7, 11) is 2.84. The largest absolute Gasteiger partial charge is 0.493 e. The molecule has 0 saturated heterocycles. The molecule has 0 aliphatic heterocycles. The summed E-state index contributed by atoms with van der Waals surface area (Å²) in [4.78, 5) is 0. The minimum atomic E-state index is -4.70. The molecule has 1 aromatic heterocycles. The Kier molecular flexibility index (Phi) is 3.76. The number of methoxy groups -OCH3 is 2. The number of nitrogens with zero attached hydrogens (tertiary/aromatic N) is 2. The molecule has 0 fully saturated rings. The van der Waals surface area contributed by atoms with Crippen LogP contribution in [0.25, 0.3) is 11.3 Å². The first-order chi connectivity index (χ1) is 9.92. The second kappa shape index (κ2) is 5.36. The summed E-state index contributed by atoms with van der Waals surface area (Å²) in [5.74, 6) is 0.761. The quantitative estimate of drug-likeness (QED) is 0.945. The zero-order chi connectivity index (χ0) is 15.6. The minimum Gasteiger partial charge on any atom is -0.493 e. The molecule has 1 heterocycles. The van der Waals surface area contributed by atoms with Gasteiger partial charge in [-0.05, 0) is 18.2 Å². The van der Waals surface area contributed by atoms with Crippen LogP contribution in [0.3, 0.4) is 0 Å². The number of halogens is 3. The molecule has 0 aliphatic rings. The fourth-order valence-corrected chi connectivity index (χ4v) is 1.86. The molecule has 0 bridgehead atoms. The highest BCUT2D eigenvalue weighted by atomic mass is 19.4. The maximum Gasteiger partial charge on any atom is 0.436 e. The van der Waals surface area contributed by atoms with Gasteiger partial charge in [-0.1, -0.05) is 0 Å². The van der Waals surface area contributed by atoms with Crippen molar-refractivity contribution in [3.8, 4) is 28.8 Å². The summed E-state index contributed by atoms with van der Waals surface area (Å²) in [6.07, 6.45) is -4.70. The molecule has 0 spiro atoms. The highest BCUT2D eigenvalue weighted by Gasteiger charge is 2.38. The predicted octanol–water partition coefficient (Wildman–Crippen LogP) is 2.98. The van der Waals surface area contributed by atoms with E-state index in [-0.39, 0.29) is 5.69 Å². The Bertz CT molecular complexity index is 702. The molecule has 1 N–H and O–H groups in total. The van der Waals surface area contributed by atoms with Gasteiger partial charge in [0.05, 0.1) is 19.9 Å². The second-order valence-electron chi connectivity index (χ2n) is 4.00. The highest BCUT2D eigenvalue weighted by Crippen LogP contribution is 2.37. The summed E-state index contributed by atoms with van der Waals surface area (Å²) < 4.78 is 48.4. The van der Waals surface area contributed by atoms with Crippen LogP contribution in [-0.2, 0) is 6.18 Å². The van der Waals surface area contributed by atoms with Gasteiger partial charge in [-0.25, -0.2) is 0 Å². The van der Waals surface area contributed by atoms with Crippen LogP contribution in [-0.4, -0.2) is 24.4 Å². The molecular formula is C13H10F3N3O2. The Labute approximate surface area is 117 Å². The number of benzene rings is 1. The zero-order valence-corrected chi connectivity index (χ0v) is 11.1. The average molecular weight is 297 g/mol. The van der Waals surface area contributed by atoms with E-state index in [9.17, 15) is 13.2 Å². The van der Waals surface area contributed by atoms with E-state index in [1.54, 1.807) is 0 Å². The van der Waals surface area contributed by atoms with E-state index in [1.807, 2.05) is 0 Å². The first-order valence-corrected chi connectivity index (χ1v) is 5.70. The summed E-state index contributed by atoms with van der Waals surface area (Å²) in [5.41, 5.74) is -1.48. The predicted molar refractivity (Wildman–Crippen MR) is 66.8 cm³/mol. The van der Waals surface area contributed by atoms with E-state index in [0.29, 0.717) is 17.1 Å². The fraction of sp³-hybridized carbons (Fsp3) is 0.231. The van der Waals surface area contributed by atoms with Crippen molar-refractivity contribution in [2.24, 2.45) is 0 Å². The molecule has 5 nitrogen and oxygen atoms in total. The standard InChI is InChI=1S/C13H10F3N3O2/c1-20-9-4-3-7(5-10(9)21-2)11-8(6-17)12(19-18-11)13(14,15)16/h3-5H,1-2H3,(H,18,19). The third-order valence-corrected chi connectivity index (χ3v) is 2.82. The van der Waals surface area contributed by atoms with Crippen molar-refractivity contribution in [1.29, 1.82) is 5.26 Å². The number of alkyl halides is 3. The fourth-order valence-electron chi connectivity index (χ4n) is 1.86. The van der Waals surface area contributed by atoms with Crippen LogP contribution in [0, 0.1) is 11.3 Å². The molecule has 2 rings (SSSR count). The normalized spacial score (nSPS) is 11.0. The van der Waals surface area contributed by atoms with E-state index >= 15 is 0 Å². The Morgan fingerprint density at radius 3 is 2.38 bits per heavy atom. The highest BCUT2D eigenvalue weighted by molar-refractivity contribution is 5.70. The smallest absolute Gasteiger partial charge is 0.436 e. The van der Waals surface area contributed by atoms with Crippen molar-refractivity contribution < 1.29 is 22.6 Å². The minimum absolute atomic E-state index is 0.0224. The number of H-pyrrole nitrogens is 1. The van der Waals surface area contributed by atoms with Crippen LogP contribution in [0.1, 0.15) is 11.3 Å². The van der Waals surface area contributed by atoms with Crippen molar-refractivity contribution in [2.45, 2.75) is 6.18 Å². The summed E-state index contributed by atoms with van der Waals surface area (Å²) in [5, 5.41) is 14.4. The summed E-state index contributed by atoms with van der Waals surface area (Å²) >= 11 is 0. The van der Waals surface area contributed by atoms with Gasteiger partial charge in [-0.2, -0.15) is 23.5 Å². The van der Waals surface area contributed by atoms with Gasteiger partial charge in [-0.3, -0.25) is 5.10 Å². The van der Waals surface area contributed by atoms with Crippen LogP contribution in [0.4, 0.5) is 13.2 Å². The molecule has 0 radical (unpaired) electrons. The number of aromatic amines is 1. The van der Waals surface area contributed by atoms with Gasteiger partial charge < -0.3 is 9.47 Å². The Hall–Kier alpha value is -2.69. The molecule has 8 heteroatoms. The van der Waals surface area contributed by atoms with Gasteiger partial charge in [0.2, 0.25) is 0 Å². The van der Waals surface area contributed by atoms with E-state index in [4.69, 9.17) is 14.7 Å². The molecule has 0 atom stereocenters. The van der Waals surface area contributed by atoms with Crippen molar-refractivity contribution in [3.63, 3.8) is 0 Å². The molecule has 0 aliphatic carbocycles. The zero-order valence-electron chi connectivity index (χ0n) is 11.1. The van der Waals surface area contributed by atoms with Crippen LogP contribution >= 0.6 is 0 Å². The third kappa shape index (κ3) is 2.63. The number of hydrogen-bond donors (Lipinski definition) is 1. The molecule has 2 aromatic rings. The van der Waals surface area contributed by atoms with E-state index in [1.165, 1.54) is 38.5 Å². The monoisotopic (exact) mass is 297 g/mol. The van der Waals surface area contributed by atoms with Gasteiger partial charge in [0.15, 0.2) is 17.2 Å². The van der Waals surface area contributed by atoms with Crippen LogP contribution in [0.2, 0.25) is 0 Å². The average Bonchev–Trinajstić information content (AvgIpc) is 2.90. The molecule has 0 amide bonds. The van der Waals surface area contributed by atoms with Gasteiger partial charge >= 0.3 is 6.18 Å². The second-order valence-corrected chi connectivity index (χ2v) is 4.00. The molecule has 21 heavy (non-hydrogen) atoms. The number of rotatable bonds is 3. The molecule has 1 aromatic carbocycles. The third-order valence-electron chi connectivity index (χ3n) is 2.82. The topological polar surface area (TPSA) is 70.9 Å². The summed E-state index contributed by atoms with van der Waals surface area (Å²) in [6.45, 7) is 0. The molecule has 0 saturated carbocycles. The van der Waals surface area contributed by atoms with Crippen LogP contribution in [0.5, 0.6) is 11.5 Å². The maximum absolute atomic E-state index is 12.8. The van der Waals surface area contributed by atoms with E-state index < -0.39 is 17.4 Å². The number of nitrogens with one attached hydrogen (secondary N) is 1. The first-order valence-electron chi connectivity index (χ1n) is 5.70. The Morgan fingerprint density at radius 1 is 1.19 bits per heavy atom. The Morgan fingerprint density at radius 2 is 1.86 bits per heavy atom. The molecular weight excluding hydrogens is 287 g/mol. The van der Waals surface area contributed by atoms with Gasteiger partial charge in [0.1, 0.15) is 11.6 Å². The first kappa shape index (κ1) is 14.7. The lowest BCUT2D eigenvalue weighted by atomic mass is 10.1. The number of hydrogen-bond acceptors (Lipinski definition) is 4. The lowest BCUT2D eigenvalue weighted by Crippen LogP contribution is -2.07.